The Morgan fingerprint density at radius 1 is 1.18 bits per heavy atom. The minimum absolute atomic E-state index is 0.00793. The molecule has 2 atom stereocenters. The van der Waals surface area contributed by atoms with E-state index in [2.05, 4.69) is 20.9 Å². The van der Waals surface area contributed by atoms with Crippen LogP contribution in [0.5, 0.6) is 11.5 Å². The molecule has 182 valence electrons. The number of fused-ring (bicyclic) bond motifs is 1. The van der Waals surface area contributed by atoms with E-state index in [1.54, 1.807) is 30.3 Å². The molecular formula is C23H24BrClN2O5S2. The number of hydrogen-bond donors (Lipinski definition) is 0. The van der Waals surface area contributed by atoms with Crippen LogP contribution >= 0.6 is 39.3 Å². The van der Waals surface area contributed by atoms with E-state index in [1.807, 2.05) is 24.8 Å². The number of rotatable bonds is 7. The van der Waals surface area contributed by atoms with Crippen molar-refractivity contribution in [3.05, 3.63) is 51.5 Å². The quantitative estimate of drug-likeness (QED) is 0.462. The zero-order chi connectivity index (χ0) is 24.5. The number of carbonyl (C=O) groups excluding carboxylic acids is 1. The first-order valence-electron chi connectivity index (χ1n) is 10.8. The van der Waals surface area contributed by atoms with E-state index in [-0.39, 0.29) is 35.1 Å². The normalized spacial score (nSPS) is 22.1. The average Bonchev–Trinajstić information content (AvgIpc) is 3.22. The van der Waals surface area contributed by atoms with Gasteiger partial charge in [0.25, 0.3) is 5.91 Å². The van der Waals surface area contributed by atoms with Crippen LogP contribution in [-0.2, 0) is 21.1 Å². The fourth-order valence-corrected chi connectivity index (χ4v) is 8.68. The van der Waals surface area contributed by atoms with Crippen LogP contribution in [0.15, 0.2) is 45.9 Å². The number of amidine groups is 1. The Kier molecular flexibility index (Phi) is 7.81. The Morgan fingerprint density at radius 2 is 1.85 bits per heavy atom. The van der Waals surface area contributed by atoms with Crippen LogP contribution in [0.2, 0.25) is 5.02 Å². The summed E-state index contributed by atoms with van der Waals surface area (Å²) in [6.45, 7) is 4.67. The van der Waals surface area contributed by atoms with Crippen LogP contribution in [0, 0.1) is 0 Å². The molecule has 0 saturated carbocycles. The molecule has 11 heteroatoms. The number of sulfone groups is 1. The predicted molar refractivity (Wildman–Crippen MR) is 140 cm³/mol. The summed E-state index contributed by atoms with van der Waals surface area (Å²) in [6.07, 6.45) is 0.0554. The van der Waals surface area contributed by atoms with Crippen molar-refractivity contribution in [2.24, 2.45) is 4.99 Å². The van der Waals surface area contributed by atoms with Crippen LogP contribution in [0.3, 0.4) is 0 Å². The number of hydrogen-bond acceptors (Lipinski definition) is 6. The number of anilines is 1. The van der Waals surface area contributed by atoms with E-state index in [9.17, 15) is 13.2 Å². The molecule has 2 aliphatic rings. The number of benzene rings is 2. The lowest BCUT2D eigenvalue weighted by molar-refractivity contribution is -0.117. The molecule has 0 aromatic heterocycles. The molecule has 7 nitrogen and oxygen atoms in total. The number of aliphatic imine (C=N–C) groups is 1. The SMILES string of the molecule is CCOc1cc(Br)c(N2C(=NC(=O)Cc3ccccc3Cl)S[C@H]3CS(=O)(=O)C[C@@H]32)cc1OCC. The molecule has 0 radical (unpaired) electrons. The Bertz CT molecular complexity index is 1240. The molecule has 1 amide bonds. The zero-order valence-corrected chi connectivity index (χ0v) is 22.6. The average molecular weight is 588 g/mol. The molecule has 34 heavy (non-hydrogen) atoms. The summed E-state index contributed by atoms with van der Waals surface area (Å²) in [6, 6.07) is 10.4. The number of amides is 1. The first-order chi connectivity index (χ1) is 16.2. The van der Waals surface area contributed by atoms with E-state index in [1.165, 1.54) is 11.8 Å². The Labute approximate surface area is 216 Å². The molecule has 2 fully saturated rings. The van der Waals surface area contributed by atoms with Gasteiger partial charge in [0.1, 0.15) is 0 Å². The number of thioether (sulfide) groups is 1. The lowest BCUT2D eigenvalue weighted by Crippen LogP contribution is -2.38. The predicted octanol–water partition coefficient (Wildman–Crippen LogP) is 4.74. The molecule has 0 aliphatic carbocycles. The summed E-state index contributed by atoms with van der Waals surface area (Å²) < 4.78 is 37.0. The second-order valence-electron chi connectivity index (χ2n) is 7.84. The standard InChI is InChI=1S/C23H24BrClN2O5S2/c1-3-31-19-10-15(24)17(11-20(19)32-4-2)27-18-12-34(29,30)13-21(18)33-23(27)26-22(28)9-14-7-5-6-8-16(14)25/h5-8,10-11,18,21H,3-4,9,12-13H2,1-2H3/t18-,21-/m0/s1. The second-order valence-corrected chi connectivity index (χ2v) is 12.5. The van der Waals surface area contributed by atoms with Gasteiger partial charge in [-0.05, 0) is 41.4 Å². The third-order valence-corrected chi connectivity index (χ3v) is 9.67. The second kappa shape index (κ2) is 10.5. The highest BCUT2D eigenvalue weighted by atomic mass is 79.9. The molecule has 0 spiro atoms. The van der Waals surface area contributed by atoms with Gasteiger partial charge in [0.2, 0.25) is 0 Å². The largest absolute Gasteiger partial charge is 0.490 e. The molecule has 0 unspecified atom stereocenters. The molecule has 2 aromatic rings. The maximum absolute atomic E-state index is 12.9. The van der Waals surface area contributed by atoms with Crippen molar-refractivity contribution in [1.82, 2.24) is 0 Å². The molecule has 0 N–H and O–H groups in total. The van der Waals surface area contributed by atoms with E-state index in [4.69, 9.17) is 21.1 Å². The van der Waals surface area contributed by atoms with E-state index in [0.29, 0.717) is 50.6 Å². The number of carbonyl (C=O) groups is 1. The smallest absolute Gasteiger partial charge is 0.252 e. The number of nitrogens with zero attached hydrogens (tertiary/aromatic N) is 2. The van der Waals surface area contributed by atoms with Gasteiger partial charge < -0.3 is 14.4 Å². The topological polar surface area (TPSA) is 85.3 Å². The van der Waals surface area contributed by atoms with Gasteiger partial charge in [0, 0.05) is 26.9 Å². The highest BCUT2D eigenvalue weighted by molar-refractivity contribution is 9.10. The van der Waals surface area contributed by atoms with Crippen molar-refractivity contribution >= 4 is 65.9 Å². The maximum atomic E-state index is 12.9. The summed E-state index contributed by atoms with van der Waals surface area (Å²) in [5, 5.41) is 0.755. The summed E-state index contributed by atoms with van der Waals surface area (Å²) in [4.78, 5) is 19.1. The number of ether oxygens (including phenoxy) is 2. The van der Waals surface area contributed by atoms with Crippen molar-refractivity contribution in [3.8, 4) is 11.5 Å². The molecular weight excluding hydrogens is 564 g/mol. The Hall–Kier alpha value is -1.75. The van der Waals surface area contributed by atoms with Gasteiger partial charge in [-0.2, -0.15) is 4.99 Å². The van der Waals surface area contributed by atoms with Crippen molar-refractivity contribution < 1.29 is 22.7 Å². The minimum Gasteiger partial charge on any atom is -0.490 e. The molecule has 2 aliphatic heterocycles. The van der Waals surface area contributed by atoms with Gasteiger partial charge >= 0.3 is 0 Å². The maximum Gasteiger partial charge on any atom is 0.252 e. The molecule has 2 saturated heterocycles. The Balaban J connectivity index is 1.73. The van der Waals surface area contributed by atoms with Crippen LogP contribution < -0.4 is 14.4 Å². The monoisotopic (exact) mass is 586 g/mol. The molecule has 2 heterocycles. The lowest BCUT2D eigenvalue weighted by Gasteiger charge is -2.27. The van der Waals surface area contributed by atoms with E-state index in [0.717, 1.165) is 0 Å². The summed E-state index contributed by atoms with van der Waals surface area (Å²) >= 11 is 11.1. The molecule has 0 bridgehead atoms. The van der Waals surface area contributed by atoms with Crippen molar-refractivity contribution in [2.45, 2.75) is 31.6 Å². The minimum atomic E-state index is -3.19. The summed E-state index contributed by atoms with van der Waals surface area (Å²) in [5.74, 6) is 0.806. The first kappa shape index (κ1) is 25.3. The van der Waals surface area contributed by atoms with Gasteiger partial charge in [-0.15, -0.1) is 0 Å². The zero-order valence-electron chi connectivity index (χ0n) is 18.7. The van der Waals surface area contributed by atoms with Gasteiger partial charge in [-0.1, -0.05) is 41.6 Å². The van der Waals surface area contributed by atoms with Gasteiger partial charge in [-0.25, -0.2) is 8.42 Å². The first-order valence-corrected chi connectivity index (χ1v) is 14.7. The van der Waals surface area contributed by atoms with Gasteiger partial charge in [0.05, 0.1) is 42.9 Å². The van der Waals surface area contributed by atoms with Crippen LogP contribution in [0.25, 0.3) is 0 Å². The fourth-order valence-electron chi connectivity index (χ4n) is 4.04. The van der Waals surface area contributed by atoms with Crippen molar-refractivity contribution in [3.63, 3.8) is 0 Å². The van der Waals surface area contributed by atoms with Crippen LogP contribution in [0.4, 0.5) is 5.69 Å². The Morgan fingerprint density at radius 3 is 2.53 bits per heavy atom. The molecule has 4 rings (SSSR count). The van der Waals surface area contributed by atoms with Crippen LogP contribution in [0.1, 0.15) is 19.4 Å². The lowest BCUT2D eigenvalue weighted by atomic mass is 10.1. The van der Waals surface area contributed by atoms with Crippen LogP contribution in [-0.4, -0.2) is 55.5 Å². The highest BCUT2D eigenvalue weighted by Crippen LogP contribution is 2.46. The van der Waals surface area contributed by atoms with Crippen molar-refractivity contribution in [1.29, 1.82) is 0 Å². The molecule has 2 aromatic carbocycles. The fraction of sp³-hybridized carbons (Fsp3) is 0.391. The van der Waals surface area contributed by atoms with Crippen molar-refractivity contribution in [2.75, 3.05) is 29.6 Å². The van der Waals surface area contributed by atoms with Gasteiger partial charge in [0.15, 0.2) is 26.5 Å². The van der Waals surface area contributed by atoms with E-state index >= 15 is 0 Å². The summed E-state index contributed by atoms with van der Waals surface area (Å²) in [5.41, 5.74) is 1.37. The summed E-state index contributed by atoms with van der Waals surface area (Å²) in [7, 11) is -3.19. The van der Waals surface area contributed by atoms with E-state index < -0.39 is 9.84 Å². The number of halogens is 2. The third-order valence-electron chi connectivity index (χ3n) is 5.46. The van der Waals surface area contributed by atoms with Gasteiger partial charge in [-0.3, -0.25) is 4.79 Å². The highest BCUT2D eigenvalue weighted by Gasteiger charge is 2.50. The third kappa shape index (κ3) is 5.40.